The minimum absolute atomic E-state index is 0.0618. The van der Waals surface area contributed by atoms with E-state index in [9.17, 15) is 39.3 Å². The molecule has 1 heterocycles. The molecular formula is C26H49N7O8. The Morgan fingerprint density at radius 3 is 1.41 bits per heavy atom. The molecule has 7 N–H and O–H groups in total. The number of unbranched alkanes of at least 4 members (excludes halogenated alkanes) is 2. The molecule has 0 aromatic carbocycles. The first-order valence-electron chi connectivity index (χ1n) is 14.3. The lowest BCUT2D eigenvalue weighted by Gasteiger charge is -2.32. The molecule has 0 aliphatic carbocycles. The van der Waals surface area contributed by atoms with Gasteiger partial charge in [-0.25, -0.2) is 0 Å². The van der Waals surface area contributed by atoms with Crippen LogP contribution in [0.4, 0.5) is 0 Å². The van der Waals surface area contributed by atoms with Gasteiger partial charge in [-0.05, 0) is 25.7 Å². The molecule has 1 aliphatic rings. The summed E-state index contributed by atoms with van der Waals surface area (Å²) in [4.78, 5) is 65.7. The van der Waals surface area contributed by atoms with E-state index in [-0.39, 0.29) is 38.0 Å². The predicted molar refractivity (Wildman–Crippen MR) is 151 cm³/mol. The second-order valence-corrected chi connectivity index (χ2v) is 10.4. The Balaban J connectivity index is 2.67. The second kappa shape index (κ2) is 20.9. The zero-order chi connectivity index (χ0) is 30.6. The number of carbonyl (C=O) groups is 5. The Labute approximate surface area is 242 Å². The summed E-state index contributed by atoms with van der Waals surface area (Å²) in [7, 11) is 0. The SMILES string of the molecule is CCCCNC(=O)[C@H](N)CCCCNC(=O)CN1CCN(CC(=O)O)CCN(CC(=O)O)CCN(CC(=O)O)CC1. The Morgan fingerprint density at radius 1 is 0.634 bits per heavy atom. The molecule has 15 nitrogen and oxygen atoms in total. The van der Waals surface area contributed by atoms with E-state index in [0.29, 0.717) is 84.7 Å². The summed E-state index contributed by atoms with van der Waals surface area (Å²) in [6.45, 7) is 5.17. The maximum atomic E-state index is 12.7. The lowest BCUT2D eigenvalue weighted by Crippen LogP contribution is -2.49. The number of hydrogen-bond acceptors (Lipinski definition) is 10. The van der Waals surface area contributed by atoms with E-state index >= 15 is 0 Å². The average molecular weight is 588 g/mol. The highest BCUT2D eigenvalue weighted by atomic mass is 16.4. The van der Waals surface area contributed by atoms with Crippen molar-refractivity contribution in [2.45, 2.75) is 45.1 Å². The summed E-state index contributed by atoms with van der Waals surface area (Å²) in [6.07, 6.45) is 3.75. The fraction of sp³-hybridized carbons (Fsp3) is 0.808. The van der Waals surface area contributed by atoms with Gasteiger partial charge < -0.3 is 31.7 Å². The monoisotopic (exact) mass is 587 g/mol. The fourth-order valence-corrected chi connectivity index (χ4v) is 4.41. The molecule has 0 aromatic heterocycles. The van der Waals surface area contributed by atoms with Crippen LogP contribution < -0.4 is 16.4 Å². The van der Waals surface area contributed by atoms with Crippen molar-refractivity contribution in [3.05, 3.63) is 0 Å². The van der Waals surface area contributed by atoms with Crippen LogP contribution in [0, 0.1) is 0 Å². The zero-order valence-corrected chi connectivity index (χ0v) is 24.3. The maximum absolute atomic E-state index is 12.7. The Morgan fingerprint density at radius 2 is 1.02 bits per heavy atom. The van der Waals surface area contributed by atoms with Gasteiger partial charge in [0.05, 0.1) is 32.2 Å². The summed E-state index contributed by atoms with van der Waals surface area (Å²) in [5.41, 5.74) is 5.93. The summed E-state index contributed by atoms with van der Waals surface area (Å²) < 4.78 is 0. The number of hydrogen-bond donors (Lipinski definition) is 6. The van der Waals surface area contributed by atoms with E-state index in [1.165, 1.54) is 0 Å². The number of nitrogens with zero attached hydrogens (tertiary/aromatic N) is 4. The van der Waals surface area contributed by atoms with Crippen molar-refractivity contribution in [2.75, 3.05) is 91.6 Å². The number of rotatable bonds is 17. The summed E-state index contributed by atoms with van der Waals surface area (Å²) in [5, 5.41) is 33.6. The third-order valence-corrected chi connectivity index (χ3v) is 6.80. The molecule has 1 atom stereocenters. The predicted octanol–water partition coefficient (Wildman–Crippen LogP) is -2.01. The van der Waals surface area contributed by atoms with Crippen molar-refractivity contribution in [3.63, 3.8) is 0 Å². The minimum Gasteiger partial charge on any atom is -0.480 e. The van der Waals surface area contributed by atoms with Gasteiger partial charge >= 0.3 is 17.9 Å². The van der Waals surface area contributed by atoms with Gasteiger partial charge in [0.2, 0.25) is 11.8 Å². The van der Waals surface area contributed by atoms with E-state index in [2.05, 4.69) is 10.6 Å². The van der Waals surface area contributed by atoms with E-state index in [1.54, 1.807) is 14.7 Å². The molecule has 1 rings (SSSR count). The number of nitrogens with two attached hydrogens (primary N) is 1. The van der Waals surface area contributed by atoms with Gasteiger partial charge in [0.1, 0.15) is 0 Å². The van der Waals surface area contributed by atoms with Gasteiger partial charge in [-0.3, -0.25) is 43.6 Å². The maximum Gasteiger partial charge on any atom is 0.317 e. The highest BCUT2D eigenvalue weighted by Crippen LogP contribution is 2.02. The number of carboxylic acids is 3. The topological polar surface area (TPSA) is 209 Å². The van der Waals surface area contributed by atoms with E-state index in [1.807, 2.05) is 11.8 Å². The third-order valence-electron chi connectivity index (χ3n) is 6.80. The van der Waals surface area contributed by atoms with Crippen molar-refractivity contribution in [1.29, 1.82) is 0 Å². The third kappa shape index (κ3) is 18.3. The van der Waals surface area contributed by atoms with Crippen LogP contribution in [0.1, 0.15) is 39.0 Å². The molecule has 236 valence electrons. The van der Waals surface area contributed by atoms with Crippen molar-refractivity contribution in [2.24, 2.45) is 5.73 Å². The largest absolute Gasteiger partial charge is 0.480 e. The van der Waals surface area contributed by atoms with Crippen LogP contribution in [0.5, 0.6) is 0 Å². The standard InChI is InChI=1S/C26H49N7O8/c1-2-3-7-29-26(41)21(27)6-4-5-8-28-22(34)17-30-9-11-31(18-23(35)36)13-15-33(20-25(39)40)16-14-32(12-10-30)19-24(37)38/h21H,2-20,27H2,1H3,(H,28,34)(H,29,41)(H,35,36)(H,37,38)(H,39,40)/t21-/m1/s1. The molecule has 0 saturated carbocycles. The molecular weight excluding hydrogens is 538 g/mol. The summed E-state index contributed by atoms with van der Waals surface area (Å²) in [6, 6.07) is -0.580. The van der Waals surface area contributed by atoms with Crippen molar-refractivity contribution in [3.8, 4) is 0 Å². The Kier molecular flexibility index (Phi) is 18.5. The van der Waals surface area contributed by atoms with Crippen LogP contribution in [0.15, 0.2) is 0 Å². The van der Waals surface area contributed by atoms with Crippen LogP contribution in [-0.2, 0) is 24.0 Å². The molecule has 0 aromatic rings. The first-order chi connectivity index (χ1) is 19.5. The van der Waals surface area contributed by atoms with E-state index in [0.717, 1.165) is 12.8 Å². The average Bonchev–Trinajstić information content (AvgIpc) is 2.89. The summed E-state index contributed by atoms with van der Waals surface area (Å²) in [5.74, 6) is -3.39. The second-order valence-electron chi connectivity index (χ2n) is 10.4. The quantitative estimate of drug-likeness (QED) is 0.102. The molecule has 0 unspecified atom stereocenters. The normalized spacial score (nSPS) is 17.6. The number of amides is 2. The highest BCUT2D eigenvalue weighted by molar-refractivity contribution is 5.81. The van der Waals surface area contributed by atoms with Crippen LogP contribution >= 0.6 is 0 Å². The van der Waals surface area contributed by atoms with Gasteiger partial charge in [0.15, 0.2) is 0 Å². The van der Waals surface area contributed by atoms with Crippen LogP contribution in [0.3, 0.4) is 0 Å². The lowest BCUT2D eigenvalue weighted by molar-refractivity contribution is -0.140. The minimum atomic E-state index is -1.01. The molecule has 2 amide bonds. The van der Waals surface area contributed by atoms with Crippen molar-refractivity contribution in [1.82, 2.24) is 30.2 Å². The van der Waals surface area contributed by atoms with Gasteiger partial charge in [-0.1, -0.05) is 13.3 Å². The number of carboxylic acid groups (broad SMARTS) is 3. The lowest BCUT2D eigenvalue weighted by atomic mass is 10.1. The first kappa shape index (κ1) is 36.2. The molecule has 0 spiro atoms. The van der Waals surface area contributed by atoms with E-state index in [4.69, 9.17) is 5.73 Å². The van der Waals surface area contributed by atoms with Gasteiger partial charge in [0, 0.05) is 65.4 Å². The molecule has 1 saturated heterocycles. The molecule has 0 radical (unpaired) electrons. The number of carbonyl (C=O) groups excluding carboxylic acids is 2. The molecule has 1 aliphatic heterocycles. The first-order valence-corrected chi connectivity index (χ1v) is 14.3. The molecule has 0 bridgehead atoms. The Bertz CT molecular complexity index is 800. The van der Waals surface area contributed by atoms with Gasteiger partial charge in [0.25, 0.3) is 0 Å². The highest BCUT2D eigenvalue weighted by Gasteiger charge is 2.21. The molecule has 41 heavy (non-hydrogen) atoms. The van der Waals surface area contributed by atoms with Crippen molar-refractivity contribution >= 4 is 29.7 Å². The van der Waals surface area contributed by atoms with Crippen LogP contribution in [-0.4, -0.2) is 162 Å². The van der Waals surface area contributed by atoms with Gasteiger partial charge in [-0.2, -0.15) is 0 Å². The smallest absolute Gasteiger partial charge is 0.317 e. The van der Waals surface area contributed by atoms with Crippen LogP contribution in [0.2, 0.25) is 0 Å². The van der Waals surface area contributed by atoms with E-state index < -0.39 is 23.9 Å². The molecule has 1 fully saturated rings. The van der Waals surface area contributed by atoms with Crippen molar-refractivity contribution < 1.29 is 39.3 Å². The van der Waals surface area contributed by atoms with Gasteiger partial charge in [-0.15, -0.1) is 0 Å². The van der Waals surface area contributed by atoms with Crippen LogP contribution in [0.25, 0.3) is 0 Å². The zero-order valence-electron chi connectivity index (χ0n) is 24.3. The molecule has 15 heteroatoms. The fourth-order valence-electron chi connectivity index (χ4n) is 4.41. The summed E-state index contributed by atoms with van der Waals surface area (Å²) >= 11 is 0. The number of aliphatic carboxylic acids is 3. The Hall–Kier alpha value is -2.85. The number of nitrogens with one attached hydrogen (secondary N) is 2.